The second kappa shape index (κ2) is 7.06. The van der Waals surface area contributed by atoms with Crippen molar-refractivity contribution in [2.45, 2.75) is 26.7 Å². The Morgan fingerprint density at radius 1 is 1.41 bits per heavy atom. The summed E-state index contributed by atoms with van der Waals surface area (Å²) in [5.41, 5.74) is 1.56. The summed E-state index contributed by atoms with van der Waals surface area (Å²) in [5.74, 6) is 0. The maximum absolute atomic E-state index is 11.6. The third kappa shape index (κ3) is 3.85. The molecule has 0 fully saturated rings. The Labute approximate surface area is 102 Å². The molecule has 0 aliphatic carbocycles. The zero-order valence-electron chi connectivity index (χ0n) is 10.8. The van der Waals surface area contributed by atoms with Crippen LogP contribution in [0.5, 0.6) is 0 Å². The fraction of sp³-hybridized carbons (Fsp3) is 0.667. The monoisotopic (exact) mass is 239 g/mol. The van der Waals surface area contributed by atoms with Gasteiger partial charge in [-0.05, 0) is 12.8 Å². The van der Waals surface area contributed by atoms with Crippen LogP contribution in [0, 0.1) is 0 Å². The number of likely N-dealkylation sites (N-methyl/N-ethyl adjacent to an activating group) is 1. The molecule has 0 saturated carbocycles. The Hall–Kier alpha value is -1.36. The molecule has 0 aliphatic heterocycles. The van der Waals surface area contributed by atoms with Crippen molar-refractivity contribution in [1.29, 1.82) is 0 Å². The zero-order chi connectivity index (χ0) is 12.7. The summed E-state index contributed by atoms with van der Waals surface area (Å²) in [4.78, 5) is 13.6. The molecule has 0 atom stereocenters. The van der Waals surface area contributed by atoms with Gasteiger partial charge in [-0.3, -0.25) is 4.79 Å². The van der Waals surface area contributed by atoms with Gasteiger partial charge in [0, 0.05) is 25.8 Å². The van der Waals surface area contributed by atoms with Gasteiger partial charge in [0.2, 0.25) is 0 Å². The van der Waals surface area contributed by atoms with Crippen LogP contribution in [0.1, 0.15) is 25.8 Å². The molecular formula is C12H21N3O2. The smallest absolute Gasteiger partial charge is 0.269 e. The molecule has 0 amide bonds. The average Bonchev–Trinajstić information content (AvgIpc) is 2.34. The number of hydrogen-bond donors (Lipinski definition) is 1. The molecule has 5 heteroatoms. The lowest BCUT2D eigenvalue weighted by atomic mass is 10.2. The number of ether oxygens (including phenoxy) is 1. The molecule has 0 bridgehead atoms. The van der Waals surface area contributed by atoms with E-state index in [1.807, 2.05) is 18.9 Å². The lowest BCUT2D eigenvalue weighted by Crippen LogP contribution is -2.27. The highest BCUT2D eigenvalue weighted by atomic mass is 16.5. The van der Waals surface area contributed by atoms with Crippen LogP contribution in [-0.4, -0.2) is 37.0 Å². The predicted molar refractivity (Wildman–Crippen MR) is 68.6 cm³/mol. The van der Waals surface area contributed by atoms with E-state index in [0.717, 1.165) is 30.8 Å². The highest BCUT2D eigenvalue weighted by Crippen LogP contribution is 2.13. The van der Waals surface area contributed by atoms with Gasteiger partial charge in [-0.25, -0.2) is 5.10 Å². The summed E-state index contributed by atoms with van der Waals surface area (Å²) >= 11 is 0. The fourth-order valence-corrected chi connectivity index (χ4v) is 1.65. The quantitative estimate of drug-likeness (QED) is 0.726. The summed E-state index contributed by atoms with van der Waals surface area (Å²) in [6.45, 7) is 6.26. The molecule has 0 aromatic carbocycles. The van der Waals surface area contributed by atoms with Gasteiger partial charge in [0.15, 0.2) is 0 Å². The van der Waals surface area contributed by atoms with Crippen LogP contribution in [-0.2, 0) is 11.2 Å². The van der Waals surface area contributed by atoms with Crippen molar-refractivity contribution < 1.29 is 4.74 Å². The molecule has 1 N–H and O–H groups in total. The van der Waals surface area contributed by atoms with Gasteiger partial charge in [-0.15, -0.1) is 0 Å². The second-order valence-electron chi connectivity index (χ2n) is 3.95. The molecule has 1 aromatic rings. The summed E-state index contributed by atoms with van der Waals surface area (Å²) in [5, 5.41) is 6.30. The first-order chi connectivity index (χ1) is 8.20. The van der Waals surface area contributed by atoms with E-state index < -0.39 is 0 Å². The highest BCUT2D eigenvalue weighted by Gasteiger charge is 2.09. The molecule has 0 radical (unpaired) electrons. The van der Waals surface area contributed by atoms with Crippen LogP contribution >= 0.6 is 0 Å². The van der Waals surface area contributed by atoms with Crippen molar-refractivity contribution in [3.63, 3.8) is 0 Å². The summed E-state index contributed by atoms with van der Waals surface area (Å²) in [7, 11) is 1.95. The lowest BCUT2D eigenvalue weighted by molar-refractivity contribution is 0.141. The van der Waals surface area contributed by atoms with Crippen molar-refractivity contribution in [3.05, 3.63) is 22.1 Å². The molecule has 5 nitrogen and oxygen atoms in total. The maximum Gasteiger partial charge on any atom is 0.269 e. The van der Waals surface area contributed by atoms with E-state index >= 15 is 0 Å². The standard InChI is InChI=1S/C12H21N3O2/c1-4-7-17-8-6-15(3)11-9-13-14-12(16)10(11)5-2/h9H,4-8H2,1-3H3,(H,14,16). The Morgan fingerprint density at radius 2 is 2.18 bits per heavy atom. The van der Waals surface area contributed by atoms with E-state index in [0.29, 0.717) is 13.0 Å². The first kappa shape index (κ1) is 13.7. The Morgan fingerprint density at radius 3 is 2.82 bits per heavy atom. The molecule has 17 heavy (non-hydrogen) atoms. The van der Waals surface area contributed by atoms with E-state index in [9.17, 15) is 4.79 Å². The van der Waals surface area contributed by atoms with Crippen LogP contribution in [0.15, 0.2) is 11.0 Å². The minimum Gasteiger partial charge on any atom is -0.380 e. The predicted octanol–water partition coefficient (Wildman–Crippen LogP) is 1.20. The van der Waals surface area contributed by atoms with Gasteiger partial charge < -0.3 is 9.64 Å². The topological polar surface area (TPSA) is 58.2 Å². The van der Waals surface area contributed by atoms with Crippen molar-refractivity contribution in [2.75, 3.05) is 31.7 Å². The minimum absolute atomic E-state index is 0.105. The fourth-order valence-electron chi connectivity index (χ4n) is 1.65. The van der Waals surface area contributed by atoms with E-state index in [-0.39, 0.29) is 5.56 Å². The zero-order valence-corrected chi connectivity index (χ0v) is 10.8. The van der Waals surface area contributed by atoms with Gasteiger partial charge >= 0.3 is 0 Å². The molecule has 0 unspecified atom stereocenters. The molecule has 1 aromatic heterocycles. The number of H-pyrrole nitrogens is 1. The highest BCUT2D eigenvalue weighted by molar-refractivity contribution is 5.49. The van der Waals surface area contributed by atoms with E-state index in [4.69, 9.17) is 4.74 Å². The lowest BCUT2D eigenvalue weighted by Gasteiger charge is -2.20. The normalized spacial score (nSPS) is 10.5. The van der Waals surface area contributed by atoms with Crippen molar-refractivity contribution in [3.8, 4) is 0 Å². The third-order valence-corrected chi connectivity index (χ3v) is 2.62. The summed E-state index contributed by atoms with van der Waals surface area (Å²) in [6.07, 6.45) is 3.42. The maximum atomic E-state index is 11.6. The number of hydrogen-bond acceptors (Lipinski definition) is 4. The third-order valence-electron chi connectivity index (χ3n) is 2.62. The molecule has 1 heterocycles. The Balaban J connectivity index is 2.65. The Kier molecular flexibility index (Phi) is 5.69. The van der Waals surface area contributed by atoms with E-state index in [1.54, 1.807) is 6.20 Å². The van der Waals surface area contributed by atoms with Gasteiger partial charge in [-0.2, -0.15) is 5.10 Å². The molecule has 96 valence electrons. The van der Waals surface area contributed by atoms with Crippen LogP contribution in [0.2, 0.25) is 0 Å². The van der Waals surface area contributed by atoms with Crippen LogP contribution in [0.4, 0.5) is 5.69 Å². The summed E-state index contributed by atoms with van der Waals surface area (Å²) < 4.78 is 5.43. The Bertz CT molecular complexity index is 390. The molecule has 0 saturated heterocycles. The largest absolute Gasteiger partial charge is 0.380 e. The number of nitrogens with one attached hydrogen (secondary N) is 1. The number of aromatic nitrogens is 2. The minimum atomic E-state index is -0.105. The van der Waals surface area contributed by atoms with Crippen molar-refractivity contribution in [1.82, 2.24) is 10.2 Å². The van der Waals surface area contributed by atoms with Gasteiger partial charge in [0.25, 0.3) is 5.56 Å². The average molecular weight is 239 g/mol. The second-order valence-corrected chi connectivity index (χ2v) is 3.95. The first-order valence-electron chi connectivity index (χ1n) is 6.06. The molecular weight excluding hydrogens is 218 g/mol. The van der Waals surface area contributed by atoms with Crippen LogP contribution in [0.3, 0.4) is 0 Å². The van der Waals surface area contributed by atoms with Crippen molar-refractivity contribution in [2.24, 2.45) is 0 Å². The van der Waals surface area contributed by atoms with Gasteiger partial charge in [0.1, 0.15) is 0 Å². The number of aromatic amines is 1. The molecule has 0 spiro atoms. The van der Waals surface area contributed by atoms with Gasteiger partial charge in [0.05, 0.1) is 18.5 Å². The number of nitrogens with zero attached hydrogens (tertiary/aromatic N) is 2. The van der Waals surface area contributed by atoms with Crippen molar-refractivity contribution >= 4 is 5.69 Å². The van der Waals surface area contributed by atoms with Crippen LogP contribution < -0.4 is 10.5 Å². The molecule has 0 aliphatic rings. The SMILES string of the molecule is CCCOCCN(C)c1cn[nH]c(=O)c1CC. The van der Waals surface area contributed by atoms with Gasteiger partial charge in [-0.1, -0.05) is 13.8 Å². The number of rotatable bonds is 7. The van der Waals surface area contributed by atoms with Crippen LogP contribution in [0.25, 0.3) is 0 Å². The number of anilines is 1. The van der Waals surface area contributed by atoms with E-state index in [2.05, 4.69) is 17.1 Å². The first-order valence-corrected chi connectivity index (χ1v) is 6.06. The summed E-state index contributed by atoms with van der Waals surface area (Å²) in [6, 6.07) is 0. The molecule has 1 rings (SSSR count). The van der Waals surface area contributed by atoms with E-state index in [1.165, 1.54) is 0 Å².